The summed E-state index contributed by atoms with van der Waals surface area (Å²) >= 11 is 3.03. The lowest BCUT2D eigenvalue weighted by Gasteiger charge is -2.13. The van der Waals surface area contributed by atoms with Crippen molar-refractivity contribution in [2.75, 3.05) is 13.7 Å². The van der Waals surface area contributed by atoms with Crippen molar-refractivity contribution >= 4 is 27.7 Å². The molecule has 0 saturated heterocycles. The highest BCUT2D eigenvalue weighted by molar-refractivity contribution is 9.10. The molecule has 0 aliphatic rings. The summed E-state index contributed by atoms with van der Waals surface area (Å²) in [6.45, 7) is 2.13. The molecule has 0 bridgehead atoms. The van der Waals surface area contributed by atoms with Gasteiger partial charge < -0.3 is 15.0 Å². The number of Topliss-reactive ketones (excluding diaryl/α,β-unsaturated/α-hetero) is 1. The molecule has 0 fully saturated rings. The number of H-pyrrole nitrogens is 1. The zero-order valence-electron chi connectivity index (χ0n) is 10.7. The Morgan fingerprint density at radius 2 is 2.21 bits per heavy atom. The summed E-state index contributed by atoms with van der Waals surface area (Å²) in [7, 11) is 1.50. The van der Waals surface area contributed by atoms with Gasteiger partial charge in [-0.25, -0.2) is 4.79 Å². The van der Waals surface area contributed by atoms with Gasteiger partial charge in [-0.15, -0.1) is 0 Å². The third kappa shape index (κ3) is 4.00. The lowest BCUT2D eigenvalue weighted by atomic mass is 10.1. The summed E-state index contributed by atoms with van der Waals surface area (Å²) < 4.78 is 5.17. The molecule has 0 saturated carbocycles. The molecule has 0 aromatic carbocycles. The lowest BCUT2D eigenvalue weighted by molar-refractivity contribution is -0.144. The van der Waals surface area contributed by atoms with Gasteiger partial charge in [-0.05, 0) is 35.5 Å². The molecule has 1 heterocycles. The fourth-order valence-corrected chi connectivity index (χ4v) is 1.77. The average molecular weight is 331 g/mol. The number of pyridine rings is 1. The van der Waals surface area contributed by atoms with Crippen molar-refractivity contribution in [2.45, 2.75) is 19.4 Å². The molecule has 104 valence electrons. The molecule has 6 nitrogen and oxygen atoms in total. The first-order valence-corrected chi connectivity index (χ1v) is 6.56. The number of ether oxygens (including phenoxy) is 1. The molecular formula is C12H15BrN2O4. The quantitative estimate of drug-likeness (QED) is 0.459. The van der Waals surface area contributed by atoms with Crippen LogP contribution in [0, 0.1) is 0 Å². The molecular weight excluding hydrogens is 316 g/mol. The number of aromatic nitrogens is 1. The first-order chi connectivity index (χ1) is 9.01. The van der Waals surface area contributed by atoms with E-state index in [1.165, 1.54) is 19.3 Å². The summed E-state index contributed by atoms with van der Waals surface area (Å²) in [4.78, 5) is 37.4. The van der Waals surface area contributed by atoms with Gasteiger partial charge in [0.25, 0.3) is 5.56 Å². The maximum Gasteiger partial charge on any atom is 0.331 e. The first kappa shape index (κ1) is 15.6. The third-order valence-electron chi connectivity index (χ3n) is 2.38. The molecule has 19 heavy (non-hydrogen) atoms. The molecule has 1 aromatic heterocycles. The van der Waals surface area contributed by atoms with E-state index in [4.69, 9.17) is 4.74 Å². The Labute approximate surface area is 118 Å². The van der Waals surface area contributed by atoms with Crippen molar-refractivity contribution in [3.63, 3.8) is 0 Å². The zero-order valence-corrected chi connectivity index (χ0v) is 12.2. The number of nitrogens with one attached hydrogen (secondary N) is 2. The summed E-state index contributed by atoms with van der Waals surface area (Å²) in [5.41, 5.74) is -0.120. The summed E-state index contributed by atoms with van der Waals surface area (Å²) in [6, 6.07) is 0.294. The van der Waals surface area contributed by atoms with Crippen LogP contribution < -0.4 is 10.9 Å². The molecule has 1 unspecified atom stereocenters. The number of aromatic amines is 1. The van der Waals surface area contributed by atoms with Gasteiger partial charge in [0.15, 0.2) is 11.8 Å². The molecule has 0 spiro atoms. The number of esters is 1. The van der Waals surface area contributed by atoms with Crippen LogP contribution in [0.15, 0.2) is 21.5 Å². The summed E-state index contributed by atoms with van der Waals surface area (Å²) in [5, 5.41) is 2.61. The van der Waals surface area contributed by atoms with E-state index in [1.807, 2.05) is 6.92 Å². The van der Waals surface area contributed by atoms with E-state index in [0.717, 1.165) is 0 Å². The average Bonchev–Trinajstić information content (AvgIpc) is 2.40. The fraction of sp³-hybridized carbons (Fsp3) is 0.417. The van der Waals surface area contributed by atoms with Gasteiger partial charge in [0, 0.05) is 11.8 Å². The topological polar surface area (TPSA) is 88.3 Å². The van der Waals surface area contributed by atoms with Crippen LogP contribution in [0.2, 0.25) is 0 Å². The second kappa shape index (κ2) is 7.20. The van der Waals surface area contributed by atoms with E-state index in [-0.39, 0.29) is 22.2 Å². The Hall–Kier alpha value is -1.47. The fourth-order valence-electron chi connectivity index (χ4n) is 1.41. The predicted molar refractivity (Wildman–Crippen MR) is 73.2 cm³/mol. The van der Waals surface area contributed by atoms with Gasteiger partial charge in [-0.2, -0.15) is 0 Å². The molecule has 0 aliphatic heterocycles. The lowest BCUT2D eigenvalue weighted by Crippen LogP contribution is -2.42. The number of hydrogen-bond donors (Lipinski definition) is 2. The van der Waals surface area contributed by atoms with E-state index in [9.17, 15) is 14.4 Å². The molecule has 0 aliphatic carbocycles. The van der Waals surface area contributed by atoms with Gasteiger partial charge in [0.2, 0.25) is 0 Å². The van der Waals surface area contributed by atoms with Crippen LogP contribution in [-0.2, 0) is 9.53 Å². The van der Waals surface area contributed by atoms with E-state index in [2.05, 4.69) is 26.2 Å². The van der Waals surface area contributed by atoms with Gasteiger partial charge in [-0.1, -0.05) is 6.92 Å². The predicted octanol–water partition coefficient (Wildman–Crippen LogP) is 0.861. The van der Waals surface area contributed by atoms with Crippen molar-refractivity contribution < 1.29 is 14.3 Å². The second-order valence-electron chi connectivity index (χ2n) is 3.82. The Kier molecular flexibility index (Phi) is 5.91. The highest BCUT2D eigenvalue weighted by Crippen LogP contribution is 2.08. The van der Waals surface area contributed by atoms with Gasteiger partial charge >= 0.3 is 5.97 Å². The molecule has 0 radical (unpaired) electrons. The number of halogens is 1. The Morgan fingerprint density at radius 1 is 1.53 bits per heavy atom. The number of likely N-dealkylation sites (N-methyl/N-ethyl adjacent to an activating group) is 1. The van der Waals surface area contributed by atoms with Crippen LogP contribution in [0.25, 0.3) is 0 Å². The maximum absolute atomic E-state index is 12.1. The van der Waals surface area contributed by atoms with Crippen LogP contribution in [0.5, 0.6) is 0 Å². The molecule has 0 amide bonds. The Balaban J connectivity index is 2.91. The van der Waals surface area contributed by atoms with Crippen LogP contribution in [0.3, 0.4) is 0 Å². The standard InChI is InChI=1S/C12H15BrN2O4/c1-3-4-19-12(18)9(14-2)10(16)7-5-8(13)11(17)15-6-7/h5-6,9,14H,3-4H2,1-2H3,(H,15,17). The largest absolute Gasteiger partial charge is 0.464 e. The van der Waals surface area contributed by atoms with Crippen LogP contribution in [0.4, 0.5) is 0 Å². The molecule has 1 rings (SSSR count). The number of carbonyl (C=O) groups excluding carboxylic acids is 2. The molecule has 1 aromatic rings. The van der Waals surface area contributed by atoms with E-state index < -0.39 is 17.8 Å². The maximum atomic E-state index is 12.1. The smallest absolute Gasteiger partial charge is 0.331 e. The van der Waals surface area contributed by atoms with Crippen molar-refractivity contribution in [3.05, 3.63) is 32.7 Å². The summed E-state index contributed by atoms with van der Waals surface area (Å²) in [5.74, 6) is -1.09. The SMILES string of the molecule is CCCOC(=O)C(NC)C(=O)c1c[nH]c(=O)c(Br)c1. The summed E-state index contributed by atoms with van der Waals surface area (Å²) in [6.07, 6.45) is 1.95. The zero-order chi connectivity index (χ0) is 14.4. The van der Waals surface area contributed by atoms with Crippen molar-refractivity contribution in [2.24, 2.45) is 0 Å². The van der Waals surface area contributed by atoms with Gasteiger partial charge in [-0.3, -0.25) is 9.59 Å². The third-order valence-corrected chi connectivity index (χ3v) is 2.97. The minimum absolute atomic E-state index is 0.222. The van der Waals surface area contributed by atoms with E-state index >= 15 is 0 Å². The molecule has 1 atom stereocenters. The number of ketones is 1. The first-order valence-electron chi connectivity index (χ1n) is 5.77. The molecule has 7 heteroatoms. The monoisotopic (exact) mass is 330 g/mol. The normalized spacial score (nSPS) is 11.9. The number of carbonyl (C=O) groups is 2. The van der Waals surface area contributed by atoms with E-state index in [1.54, 1.807) is 0 Å². The Morgan fingerprint density at radius 3 is 2.74 bits per heavy atom. The number of rotatable bonds is 6. The van der Waals surface area contributed by atoms with Crippen LogP contribution in [-0.4, -0.2) is 36.4 Å². The molecule has 2 N–H and O–H groups in total. The van der Waals surface area contributed by atoms with Crippen LogP contribution in [0.1, 0.15) is 23.7 Å². The minimum Gasteiger partial charge on any atom is -0.464 e. The van der Waals surface area contributed by atoms with Gasteiger partial charge in [0.1, 0.15) is 0 Å². The van der Waals surface area contributed by atoms with Crippen molar-refractivity contribution in [3.8, 4) is 0 Å². The highest BCUT2D eigenvalue weighted by atomic mass is 79.9. The second-order valence-corrected chi connectivity index (χ2v) is 4.67. The van der Waals surface area contributed by atoms with Crippen molar-refractivity contribution in [1.29, 1.82) is 0 Å². The van der Waals surface area contributed by atoms with Gasteiger partial charge in [0.05, 0.1) is 11.1 Å². The van der Waals surface area contributed by atoms with Crippen molar-refractivity contribution in [1.82, 2.24) is 10.3 Å². The number of hydrogen-bond acceptors (Lipinski definition) is 5. The highest BCUT2D eigenvalue weighted by Gasteiger charge is 2.27. The minimum atomic E-state index is -1.08. The van der Waals surface area contributed by atoms with Crippen LogP contribution >= 0.6 is 15.9 Å². The van der Waals surface area contributed by atoms with E-state index in [0.29, 0.717) is 6.42 Å². The Bertz CT molecular complexity index is 527.